The topological polar surface area (TPSA) is 59.8 Å². The third kappa shape index (κ3) is 2.50. The minimum atomic E-state index is -0.105. The highest BCUT2D eigenvalue weighted by molar-refractivity contribution is 5.94. The van der Waals surface area contributed by atoms with E-state index in [1.54, 1.807) is 12.1 Å². The fourth-order valence-corrected chi connectivity index (χ4v) is 2.95. The van der Waals surface area contributed by atoms with E-state index in [-0.39, 0.29) is 5.91 Å². The van der Waals surface area contributed by atoms with E-state index in [9.17, 15) is 4.79 Å². The summed E-state index contributed by atoms with van der Waals surface area (Å²) in [5.74, 6) is 1.61. The molecule has 0 unspecified atom stereocenters. The standard InChI is InChI=1S/C18H16N4O/c23-18(14-7-2-1-3-8-14)19-12-17-21-20-16-11-10-13-6-4-5-9-15(13)22(16)17/h1-9H,10-12H2,(H,19,23). The molecule has 1 amide bonds. The molecule has 0 fully saturated rings. The third-order valence-corrected chi connectivity index (χ3v) is 4.09. The first-order valence-electron chi connectivity index (χ1n) is 7.67. The summed E-state index contributed by atoms with van der Waals surface area (Å²) in [6, 6.07) is 17.4. The third-order valence-electron chi connectivity index (χ3n) is 4.09. The Balaban J connectivity index is 1.58. The Morgan fingerprint density at radius 2 is 1.78 bits per heavy atom. The van der Waals surface area contributed by atoms with Crippen LogP contribution in [0, 0.1) is 0 Å². The Morgan fingerprint density at radius 1 is 1.00 bits per heavy atom. The van der Waals surface area contributed by atoms with Gasteiger partial charge in [0.05, 0.1) is 12.2 Å². The van der Waals surface area contributed by atoms with Crippen molar-refractivity contribution >= 4 is 5.91 Å². The second kappa shape index (κ2) is 5.68. The predicted octanol–water partition coefficient (Wildman–Crippen LogP) is 2.30. The predicted molar refractivity (Wildman–Crippen MR) is 86.4 cm³/mol. The Bertz CT molecular complexity index is 854. The molecule has 3 aromatic rings. The number of hydrogen-bond acceptors (Lipinski definition) is 3. The maximum absolute atomic E-state index is 12.2. The molecule has 5 heteroatoms. The molecule has 2 aromatic carbocycles. The van der Waals surface area contributed by atoms with Gasteiger partial charge in [0.25, 0.3) is 5.91 Å². The normalized spacial score (nSPS) is 12.3. The van der Waals surface area contributed by atoms with E-state index in [4.69, 9.17) is 0 Å². The molecular formula is C18H16N4O. The maximum atomic E-state index is 12.2. The molecule has 1 aliphatic rings. The number of para-hydroxylation sites is 1. The summed E-state index contributed by atoms with van der Waals surface area (Å²) in [7, 11) is 0. The first-order valence-corrected chi connectivity index (χ1v) is 7.67. The van der Waals surface area contributed by atoms with Gasteiger partial charge in [-0.05, 0) is 30.2 Å². The number of rotatable bonds is 3. The highest BCUT2D eigenvalue weighted by Gasteiger charge is 2.21. The van der Waals surface area contributed by atoms with Crippen LogP contribution < -0.4 is 5.32 Å². The van der Waals surface area contributed by atoms with E-state index in [1.807, 2.05) is 30.3 Å². The van der Waals surface area contributed by atoms with E-state index < -0.39 is 0 Å². The summed E-state index contributed by atoms with van der Waals surface area (Å²) in [4.78, 5) is 12.2. The highest BCUT2D eigenvalue weighted by atomic mass is 16.1. The van der Waals surface area contributed by atoms with Crippen molar-refractivity contribution < 1.29 is 4.79 Å². The van der Waals surface area contributed by atoms with Crippen molar-refractivity contribution in [3.63, 3.8) is 0 Å². The van der Waals surface area contributed by atoms with Crippen LogP contribution in [-0.2, 0) is 19.4 Å². The number of nitrogens with zero attached hydrogens (tertiary/aromatic N) is 3. The van der Waals surface area contributed by atoms with E-state index in [0.29, 0.717) is 12.1 Å². The molecule has 0 radical (unpaired) electrons. The van der Waals surface area contributed by atoms with Gasteiger partial charge in [0.15, 0.2) is 5.82 Å². The maximum Gasteiger partial charge on any atom is 0.251 e. The van der Waals surface area contributed by atoms with Crippen molar-refractivity contribution in [2.75, 3.05) is 0 Å². The number of nitrogens with one attached hydrogen (secondary N) is 1. The minimum absolute atomic E-state index is 0.105. The van der Waals surface area contributed by atoms with Gasteiger partial charge in [0.2, 0.25) is 0 Å². The van der Waals surface area contributed by atoms with Crippen LogP contribution in [0.25, 0.3) is 5.69 Å². The van der Waals surface area contributed by atoms with Crippen LogP contribution in [0.2, 0.25) is 0 Å². The molecule has 23 heavy (non-hydrogen) atoms. The molecule has 1 N–H and O–H groups in total. The Hall–Kier alpha value is -2.95. The van der Waals surface area contributed by atoms with Gasteiger partial charge < -0.3 is 5.32 Å². The SMILES string of the molecule is O=C(NCc1nnc2n1-c1ccccc1CC2)c1ccccc1. The Morgan fingerprint density at radius 3 is 2.65 bits per heavy atom. The number of benzene rings is 2. The van der Waals surface area contributed by atoms with E-state index in [2.05, 4.69) is 32.2 Å². The molecule has 1 aliphatic heterocycles. The van der Waals surface area contributed by atoms with Crippen LogP contribution in [-0.4, -0.2) is 20.7 Å². The van der Waals surface area contributed by atoms with Gasteiger partial charge >= 0.3 is 0 Å². The zero-order valence-electron chi connectivity index (χ0n) is 12.6. The Labute approximate surface area is 134 Å². The zero-order valence-corrected chi connectivity index (χ0v) is 12.6. The van der Waals surface area contributed by atoms with Crippen molar-refractivity contribution in [1.82, 2.24) is 20.1 Å². The van der Waals surface area contributed by atoms with Crippen molar-refractivity contribution in [2.24, 2.45) is 0 Å². The summed E-state index contributed by atoms with van der Waals surface area (Å²) in [5, 5.41) is 11.4. The molecule has 5 nitrogen and oxygen atoms in total. The van der Waals surface area contributed by atoms with Crippen molar-refractivity contribution in [3.8, 4) is 5.69 Å². The lowest BCUT2D eigenvalue weighted by Gasteiger charge is -2.19. The van der Waals surface area contributed by atoms with Crippen LogP contribution in [0.3, 0.4) is 0 Å². The van der Waals surface area contributed by atoms with Crippen LogP contribution in [0.5, 0.6) is 0 Å². The molecule has 0 atom stereocenters. The fraction of sp³-hybridized carbons (Fsp3) is 0.167. The van der Waals surface area contributed by atoms with Gasteiger partial charge in [-0.25, -0.2) is 0 Å². The summed E-state index contributed by atoms with van der Waals surface area (Å²) in [6.45, 7) is 0.356. The molecule has 0 spiro atoms. The quantitative estimate of drug-likeness (QED) is 0.807. The average molecular weight is 304 g/mol. The summed E-state index contributed by atoms with van der Waals surface area (Å²) in [6.07, 6.45) is 1.85. The van der Waals surface area contributed by atoms with E-state index >= 15 is 0 Å². The second-order valence-electron chi connectivity index (χ2n) is 5.55. The molecule has 2 heterocycles. The van der Waals surface area contributed by atoms with Crippen LogP contribution in [0.15, 0.2) is 54.6 Å². The number of carbonyl (C=O) groups is 1. The van der Waals surface area contributed by atoms with Gasteiger partial charge in [-0.2, -0.15) is 0 Å². The number of carbonyl (C=O) groups excluding carboxylic acids is 1. The zero-order chi connectivity index (χ0) is 15.6. The Kier molecular flexibility index (Phi) is 3.38. The van der Waals surface area contributed by atoms with Crippen LogP contribution >= 0.6 is 0 Å². The number of amides is 1. The van der Waals surface area contributed by atoms with Crippen molar-refractivity contribution in [3.05, 3.63) is 77.4 Å². The lowest BCUT2D eigenvalue weighted by molar-refractivity contribution is 0.0949. The lowest BCUT2D eigenvalue weighted by Crippen LogP contribution is -2.25. The van der Waals surface area contributed by atoms with Crippen LogP contribution in [0.1, 0.15) is 27.6 Å². The fourth-order valence-electron chi connectivity index (χ4n) is 2.95. The monoisotopic (exact) mass is 304 g/mol. The minimum Gasteiger partial charge on any atom is -0.345 e. The number of aromatic nitrogens is 3. The van der Waals surface area contributed by atoms with Gasteiger partial charge in [-0.1, -0.05) is 36.4 Å². The molecule has 0 aliphatic carbocycles. The highest BCUT2D eigenvalue weighted by Crippen LogP contribution is 2.24. The van der Waals surface area contributed by atoms with Gasteiger partial charge in [0.1, 0.15) is 5.82 Å². The summed E-state index contributed by atoms with van der Waals surface area (Å²) in [5.41, 5.74) is 3.05. The molecule has 0 saturated carbocycles. The number of fused-ring (bicyclic) bond motifs is 3. The first-order chi connectivity index (χ1) is 11.3. The average Bonchev–Trinajstić information content (AvgIpc) is 3.04. The van der Waals surface area contributed by atoms with Crippen LogP contribution in [0.4, 0.5) is 0 Å². The summed E-state index contributed by atoms with van der Waals surface area (Å²) < 4.78 is 2.06. The van der Waals surface area contributed by atoms with Gasteiger partial charge in [-0.3, -0.25) is 9.36 Å². The molecule has 1 aromatic heterocycles. The largest absolute Gasteiger partial charge is 0.345 e. The van der Waals surface area contributed by atoms with Crippen molar-refractivity contribution in [1.29, 1.82) is 0 Å². The lowest BCUT2D eigenvalue weighted by atomic mass is 10.0. The molecule has 114 valence electrons. The smallest absolute Gasteiger partial charge is 0.251 e. The van der Waals surface area contributed by atoms with E-state index in [1.165, 1.54) is 5.56 Å². The molecular weight excluding hydrogens is 288 g/mol. The molecule has 4 rings (SSSR count). The van der Waals surface area contributed by atoms with E-state index in [0.717, 1.165) is 30.2 Å². The van der Waals surface area contributed by atoms with Crippen molar-refractivity contribution in [2.45, 2.75) is 19.4 Å². The first kappa shape index (κ1) is 13.7. The van der Waals surface area contributed by atoms with Gasteiger partial charge in [0, 0.05) is 12.0 Å². The van der Waals surface area contributed by atoms with Gasteiger partial charge in [-0.15, -0.1) is 10.2 Å². The summed E-state index contributed by atoms with van der Waals surface area (Å²) >= 11 is 0. The number of aryl methyl sites for hydroxylation is 2. The molecule has 0 saturated heterocycles. The molecule has 0 bridgehead atoms. The second-order valence-corrected chi connectivity index (χ2v) is 5.55. The number of hydrogen-bond donors (Lipinski definition) is 1.